The van der Waals surface area contributed by atoms with Crippen molar-refractivity contribution in [3.05, 3.63) is 47.4 Å². The van der Waals surface area contributed by atoms with Crippen molar-refractivity contribution in [3.8, 4) is 5.82 Å². The topological polar surface area (TPSA) is 84.2 Å². The van der Waals surface area contributed by atoms with Crippen LogP contribution in [0.15, 0.2) is 30.5 Å². The number of carbonyl (C=O) groups is 2. The Kier molecular flexibility index (Phi) is 5.15. The summed E-state index contributed by atoms with van der Waals surface area (Å²) in [5, 5.41) is 5.47. The molecule has 3 aromatic rings. The first-order valence-electron chi connectivity index (χ1n) is 11.3. The summed E-state index contributed by atoms with van der Waals surface area (Å²) < 4.78 is 1.74. The molecule has 8 heteroatoms. The van der Waals surface area contributed by atoms with Crippen molar-refractivity contribution < 1.29 is 9.59 Å². The maximum Gasteiger partial charge on any atom is 0.254 e. The number of fused-ring (bicyclic) bond motifs is 1. The standard InChI is InChI=1S/C24H28N6O2/c1-15(2)23(31)28-10-12-29(13-11-28)24(32)18-14-19(17-7-8-17)26-22-21(18)16(3)27-30(22)20-6-4-5-9-25-20/h4-6,9,14-15,17H,7-8,10-13H2,1-3H3. The van der Waals surface area contributed by atoms with Crippen LogP contribution < -0.4 is 0 Å². The molecule has 0 N–H and O–H groups in total. The van der Waals surface area contributed by atoms with Gasteiger partial charge in [-0.2, -0.15) is 9.78 Å². The summed E-state index contributed by atoms with van der Waals surface area (Å²) >= 11 is 0. The fourth-order valence-electron chi connectivity index (χ4n) is 4.37. The Morgan fingerprint density at radius 1 is 1.06 bits per heavy atom. The quantitative estimate of drug-likeness (QED) is 0.633. The van der Waals surface area contributed by atoms with Crippen LogP contribution in [0.4, 0.5) is 0 Å². The number of carbonyl (C=O) groups excluding carboxylic acids is 2. The van der Waals surface area contributed by atoms with Crippen LogP contribution in [-0.4, -0.2) is 67.5 Å². The Bertz CT molecular complexity index is 1170. The van der Waals surface area contributed by atoms with Gasteiger partial charge in [0.05, 0.1) is 16.6 Å². The van der Waals surface area contributed by atoms with E-state index in [0.29, 0.717) is 49.1 Å². The summed E-state index contributed by atoms with van der Waals surface area (Å²) in [4.78, 5) is 39.0. The van der Waals surface area contributed by atoms with Crippen molar-refractivity contribution in [2.24, 2.45) is 5.92 Å². The highest BCUT2D eigenvalue weighted by atomic mass is 16.2. The summed E-state index contributed by atoms with van der Waals surface area (Å²) in [5.74, 6) is 1.19. The fraction of sp³-hybridized carbons (Fsp3) is 0.458. The van der Waals surface area contributed by atoms with E-state index in [1.54, 1.807) is 10.9 Å². The highest BCUT2D eigenvalue weighted by Crippen LogP contribution is 2.41. The van der Waals surface area contributed by atoms with Gasteiger partial charge in [0.2, 0.25) is 5.91 Å². The third-order valence-electron chi connectivity index (χ3n) is 6.30. The third-order valence-corrected chi connectivity index (χ3v) is 6.30. The second-order valence-electron chi connectivity index (χ2n) is 9.02. The van der Waals surface area contributed by atoms with Crippen molar-refractivity contribution in [3.63, 3.8) is 0 Å². The Hall–Kier alpha value is -3.29. The molecule has 2 fully saturated rings. The molecule has 32 heavy (non-hydrogen) atoms. The fourth-order valence-corrected chi connectivity index (χ4v) is 4.37. The molecule has 8 nitrogen and oxygen atoms in total. The van der Waals surface area contributed by atoms with E-state index in [4.69, 9.17) is 10.1 Å². The van der Waals surface area contributed by atoms with E-state index in [9.17, 15) is 9.59 Å². The van der Waals surface area contributed by atoms with E-state index in [-0.39, 0.29) is 17.7 Å². The molecular formula is C24H28N6O2. The summed E-state index contributed by atoms with van der Waals surface area (Å²) in [5.41, 5.74) is 3.05. The van der Waals surface area contributed by atoms with Crippen LogP contribution >= 0.6 is 0 Å². The van der Waals surface area contributed by atoms with Crippen LogP contribution in [0.25, 0.3) is 16.9 Å². The largest absolute Gasteiger partial charge is 0.339 e. The normalized spacial score (nSPS) is 16.8. The van der Waals surface area contributed by atoms with Gasteiger partial charge in [-0.1, -0.05) is 19.9 Å². The number of aryl methyl sites for hydroxylation is 1. The van der Waals surface area contributed by atoms with Gasteiger partial charge in [-0.05, 0) is 38.0 Å². The summed E-state index contributed by atoms with van der Waals surface area (Å²) in [6.45, 7) is 7.94. The lowest BCUT2D eigenvalue weighted by Crippen LogP contribution is -2.51. The molecule has 0 unspecified atom stereocenters. The van der Waals surface area contributed by atoms with E-state index >= 15 is 0 Å². The Labute approximate surface area is 187 Å². The number of pyridine rings is 2. The van der Waals surface area contributed by atoms with Crippen molar-refractivity contribution in [1.82, 2.24) is 29.5 Å². The molecule has 0 bridgehead atoms. The lowest BCUT2D eigenvalue weighted by molar-refractivity contribution is -0.135. The first-order chi connectivity index (χ1) is 15.4. The van der Waals surface area contributed by atoms with Gasteiger partial charge < -0.3 is 9.80 Å². The SMILES string of the molecule is Cc1nn(-c2ccccn2)c2nc(C3CC3)cc(C(=O)N3CCN(C(=O)C(C)C)CC3)c12. The van der Waals surface area contributed by atoms with Crippen LogP contribution in [0.3, 0.4) is 0 Å². The molecule has 0 radical (unpaired) electrons. The van der Waals surface area contributed by atoms with Gasteiger partial charge in [-0.15, -0.1) is 0 Å². The Morgan fingerprint density at radius 3 is 2.41 bits per heavy atom. The molecule has 5 rings (SSSR count). The first kappa shape index (κ1) is 20.6. The van der Waals surface area contributed by atoms with Gasteiger partial charge in [-0.25, -0.2) is 9.97 Å². The number of hydrogen-bond donors (Lipinski definition) is 0. The number of nitrogens with zero attached hydrogens (tertiary/aromatic N) is 6. The Balaban J connectivity index is 1.52. The maximum absolute atomic E-state index is 13.7. The molecule has 2 amide bonds. The van der Waals surface area contributed by atoms with Crippen LogP contribution in [-0.2, 0) is 4.79 Å². The molecule has 2 aliphatic rings. The van der Waals surface area contributed by atoms with Gasteiger partial charge in [0, 0.05) is 49.9 Å². The van der Waals surface area contributed by atoms with Crippen LogP contribution in [0, 0.1) is 12.8 Å². The van der Waals surface area contributed by atoms with Gasteiger partial charge in [0.1, 0.15) is 0 Å². The van der Waals surface area contributed by atoms with Gasteiger partial charge >= 0.3 is 0 Å². The molecule has 166 valence electrons. The van der Waals surface area contributed by atoms with E-state index in [2.05, 4.69) is 4.98 Å². The zero-order valence-electron chi connectivity index (χ0n) is 18.8. The molecule has 1 aliphatic carbocycles. The second-order valence-corrected chi connectivity index (χ2v) is 9.02. The third kappa shape index (κ3) is 3.63. The van der Waals surface area contributed by atoms with Crippen molar-refractivity contribution in [2.45, 2.75) is 39.5 Å². The summed E-state index contributed by atoms with van der Waals surface area (Å²) in [6, 6.07) is 7.64. The number of amides is 2. The zero-order chi connectivity index (χ0) is 22.4. The average molecular weight is 433 g/mol. The number of aromatic nitrogens is 4. The molecule has 0 atom stereocenters. The summed E-state index contributed by atoms with van der Waals surface area (Å²) in [7, 11) is 0. The van der Waals surface area contributed by atoms with Gasteiger partial charge in [0.15, 0.2) is 11.5 Å². The summed E-state index contributed by atoms with van der Waals surface area (Å²) in [6.07, 6.45) is 3.92. The number of hydrogen-bond acceptors (Lipinski definition) is 5. The van der Waals surface area contributed by atoms with Crippen LogP contribution in [0.1, 0.15) is 54.4 Å². The minimum absolute atomic E-state index is 0.0142. The Morgan fingerprint density at radius 2 is 1.78 bits per heavy atom. The van der Waals surface area contributed by atoms with Crippen molar-refractivity contribution in [1.29, 1.82) is 0 Å². The minimum Gasteiger partial charge on any atom is -0.339 e. The second kappa shape index (κ2) is 8.00. The molecule has 4 heterocycles. The average Bonchev–Trinajstić information content (AvgIpc) is 3.62. The molecule has 1 saturated carbocycles. The smallest absolute Gasteiger partial charge is 0.254 e. The number of rotatable bonds is 4. The predicted octanol–water partition coefficient (Wildman–Crippen LogP) is 2.94. The van der Waals surface area contributed by atoms with E-state index in [1.165, 1.54) is 0 Å². The predicted molar refractivity (Wildman–Crippen MR) is 121 cm³/mol. The maximum atomic E-state index is 13.7. The molecule has 0 aromatic carbocycles. The van der Waals surface area contributed by atoms with Crippen LogP contribution in [0.5, 0.6) is 0 Å². The molecule has 0 spiro atoms. The van der Waals surface area contributed by atoms with E-state index in [0.717, 1.165) is 29.6 Å². The molecular weight excluding hydrogens is 404 g/mol. The highest BCUT2D eigenvalue weighted by Gasteiger charge is 2.32. The number of piperazine rings is 1. The minimum atomic E-state index is -0.0294. The zero-order valence-corrected chi connectivity index (χ0v) is 18.8. The van der Waals surface area contributed by atoms with Gasteiger partial charge in [0.25, 0.3) is 5.91 Å². The van der Waals surface area contributed by atoms with E-state index < -0.39 is 0 Å². The van der Waals surface area contributed by atoms with Crippen LogP contribution in [0.2, 0.25) is 0 Å². The molecule has 1 aliphatic heterocycles. The van der Waals surface area contributed by atoms with Gasteiger partial charge in [-0.3, -0.25) is 9.59 Å². The first-order valence-corrected chi connectivity index (χ1v) is 11.3. The lowest BCUT2D eigenvalue weighted by Gasteiger charge is -2.35. The molecule has 3 aromatic heterocycles. The molecule has 1 saturated heterocycles. The lowest BCUT2D eigenvalue weighted by atomic mass is 10.1. The van der Waals surface area contributed by atoms with E-state index in [1.807, 2.05) is 54.8 Å². The van der Waals surface area contributed by atoms with Crippen molar-refractivity contribution >= 4 is 22.8 Å². The highest BCUT2D eigenvalue weighted by molar-refractivity contribution is 6.07. The van der Waals surface area contributed by atoms with Crippen molar-refractivity contribution in [2.75, 3.05) is 26.2 Å². The monoisotopic (exact) mass is 432 g/mol.